The van der Waals surface area contributed by atoms with Gasteiger partial charge >= 0.3 is 6.01 Å². The Labute approximate surface area is 79.9 Å². The summed E-state index contributed by atoms with van der Waals surface area (Å²) in [5.74, 6) is 0. The van der Waals surface area contributed by atoms with Crippen LogP contribution in [-0.2, 0) is 0 Å². The van der Waals surface area contributed by atoms with E-state index in [1.54, 1.807) is 0 Å². The minimum Gasteiger partial charge on any atom is -0.462 e. The topological polar surface area (TPSA) is 47.9 Å². The average Bonchev–Trinajstić information content (AvgIpc) is 2.01. The molecule has 1 aromatic heterocycles. The van der Waals surface area contributed by atoms with Crippen molar-refractivity contribution in [2.24, 2.45) is 0 Å². The van der Waals surface area contributed by atoms with Gasteiger partial charge in [-0.25, -0.2) is 4.98 Å². The summed E-state index contributed by atoms with van der Waals surface area (Å²) in [6, 6.07) is 0.197. The molecule has 0 fully saturated rings. The zero-order valence-electron chi connectivity index (χ0n) is 6.37. The predicted octanol–water partition coefficient (Wildman–Crippen LogP) is 1.53. The number of hydrogen-bond acceptors (Lipinski definition) is 4. The molecule has 0 radical (unpaired) electrons. The molecule has 1 atom stereocenters. The van der Waals surface area contributed by atoms with Crippen LogP contribution in [0, 0.1) is 0 Å². The maximum atomic E-state index is 5.64. The second-order valence-electron chi connectivity index (χ2n) is 2.13. The first-order chi connectivity index (χ1) is 5.68. The second-order valence-corrected chi connectivity index (χ2v) is 3.21. The maximum absolute atomic E-state index is 5.64. The van der Waals surface area contributed by atoms with Crippen molar-refractivity contribution >= 4 is 23.2 Å². The highest BCUT2D eigenvalue weighted by Gasteiger charge is 2.01. The largest absolute Gasteiger partial charge is 0.462 e. The number of ether oxygens (including phenoxy) is 1. The third-order valence-electron chi connectivity index (χ3n) is 0.962. The van der Waals surface area contributed by atoms with Crippen LogP contribution in [0.15, 0.2) is 6.33 Å². The van der Waals surface area contributed by atoms with Gasteiger partial charge in [0.15, 0.2) is 0 Å². The molecular weight excluding hydrogens is 201 g/mol. The summed E-state index contributed by atoms with van der Waals surface area (Å²) in [6.45, 7) is 2.16. The van der Waals surface area contributed by atoms with Crippen molar-refractivity contribution in [1.82, 2.24) is 15.0 Å². The fourth-order valence-electron chi connectivity index (χ4n) is 0.521. The molecule has 0 N–H and O–H groups in total. The van der Waals surface area contributed by atoms with E-state index in [0.717, 1.165) is 0 Å². The number of alkyl halides is 1. The lowest BCUT2D eigenvalue weighted by Gasteiger charge is -2.03. The van der Waals surface area contributed by atoms with Crippen LogP contribution in [0.1, 0.15) is 6.92 Å². The lowest BCUT2D eigenvalue weighted by atomic mass is 10.5. The van der Waals surface area contributed by atoms with Crippen molar-refractivity contribution in [2.75, 3.05) is 6.61 Å². The normalized spacial score (nSPS) is 12.6. The van der Waals surface area contributed by atoms with Gasteiger partial charge in [-0.2, -0.15) is 9.97 Å². The molecule has 1 heterocycles. The van der Waals surface area contributed by atoms with Crippen molar-refractivity contribution in [1.29, 1.82) is 0 Å². The van der Waals surface area contributed by atoms with E-state index < -0.39 is 0 Å². The minimum atomic E-state index is -0.0828. The number of hydrogen-bond donors (Lipinski definition) is 0. The monoisotopic (exact) mass is 207 g/mol. The average molecular weight is 208 g/mol. The van der Waals surface area contributed by atoms with Gasteiger partial charge in [-0.1, -0.05) is 0 Å². The van der Waals surface area contributed by atoms with Crippen LogP contribution in [0.3, 0.4) is 0 Å². The molecule has 4 nitrogen and oxygen atoms in total. The van der Waals surface area contributed by atoms with E-state index in [2.05, 4.69) is 15.0 Å². The lowest BCUT2D eigenvalue weighted by Crippen LogP contribution is -2.09. The van der Waals surface area contributed by atoms with Gasteiger partial charge < -0.3 is 4.74 Å². The van der Waals surface area contributed by atoms with E-state index in [9.17, 15) is 0 Å². The number of aromatic nitrogens is 3. The van der Waals surface area contributed by atoms with Gasteiger partial charge in [-0.15, -0.1) is 11.6 Å². The molecule has 0 aromatic carbocycles. The van der Waals surface area contributed by atoms with Crippen LogP contribution >= 0.6 is 23.2 Å². The smallest absolute Gasteiger partial charge is 0.320 e. The van der Waals surface area contributed by atoms with Gasteiger partial charge in [0.2, 0.25) is 5.28 Å². The Bertz CT molecular complexity index is 256. The summed E-state index contributed by atoms with van der Waals surface area (Å²) in [6.07, 6.45) is 1.28. The van der Waals surface area contributed by atoms with Gasteiger partial charge in [-0.3, -0.25) is 0 Å². The van der Waals surface area contributed by atoms with Gasteiger partial charge in [0, 0.05) is 0 Å². The molecule has 0 bridgehead atoms. The second kappa shape index (κ2) is 4.42. The summed E-state index contributed by atoms with van der Waals surface area (Å²) in [5.41, 5.74) is 0. The third-order valence-corrected chi connectivity index (χ3v) is 1.27. The molecule has 0 aliphatic heterocycles. The van der Waals surface area contributed by atoms with Crippen molar-refractivity contribution in [3.05, 3.63) is 11.6 Å². The molecule has 1 unspecified atom stereocenters. The fraction of sp³-hybridized carbons (Fsp3) is 0.500. The van der Waals surface area contributed by atoms with E-state index in [-0.39, 0.29) is 16.7 Å². The van der Waals surface area contributed by atoms with Crippen LogP contribution in [-0.4, -0.2) is 26.9 Å². The molecule has 0 saturated heterocycles. The van der Waals surface area contributed by atoms with Crippen molar-refractivity contribution in [3.63, 3.8) is 0 Å². The standard InChI is InChI=1S/C6H7Cl2N3O/c1-4(7)2-12-6-10-3-9-5(8)11-6/h3-4H,2H2,1H3. The summed E-state index contributed by atoms with van der Waals surface area (Å²) >= 11 is 11.1. The molecule has 1 aromatic rings. The van der Waals surface area contributed by atoms with E-state index in [1.807, 2.05) is 6.92 Å². The first-order valence-corrected chi connectivity index (χ1v) is 4.11. The van der Waals surface area contributed by atoms with E-state index >= 15 is 0 Å². The molecule has 0 aliphatic carbocycles. The Morgan fingerprint density at radius 2 is 2.33 bits per heavy atom. The van der Waals surface area contributed by atoms with Crippen LogP contribution in [0.2, 0.25) is 5.28 Å². The van der Waals surface area contributed by atoms with Gasteiger partial charge in [0.05, 0.1) is 5.38 Å². The molecule has 6 heteroatoms. The zero-order chi connectivity index (χ0) is 8.97. The van der Waals surface area contributed by atoms with E-state index in [1.165, 1.54) is 6.33 Å². The highest BCUT2D eigenvalue weighted by molar-refractivity contribution is 6.28. The van der Waals surface area contributed by atoms with Crippen LogP contribution in [0.5, 0.6) is 6.01 Å². The molecule has 0 spiro atoms. The van der Waals surface area contributed by atoms with Gasteiger partial charge in [0.1, 0.15) is 12.9 Å². The first kappa shape index (κ1) is 9.48. The summed E-state index contributed by atoms with van der Waals surface area (Å²) < 4.78 is 5.07. The van der Waals surface area contributed by atoms with Crippen LogP contribution < -0.4 is 4.74 Å². The Hall–Kier alpha value is -0.610. The van der Waals surface area contributed by atoms with Crippen molar-refractivity contribution < 1.29 is 4.74 Å². The van der Waals surface area contributed by atoms with Crippen molar-refractivity contribution in [2.45, 2.75) is 12.3 Å². The highest BCUT2D eigenvalue weighted by atomic mass is 35.5. The Kier molecular flexibility index (Phi) is 3.49. The Morgan fingerprint density at radius 1 is 1.58 bits per heavy atom. The third kappa shape index (κ3) is 3.19. The number of rotatable bonds is 3. The quantitative estimate of drug-likeness (QED) is 0.706. The zero-order valence-corrected chi connectivity index (χ0v) is 7.88. The van der Waals surface area contributed by atoms with Gasteiger partial charge in [-0.05, 0) is 18.5 Å². The molecular formula is C6H7Cl2N3O. The fourth-order valence-corrected chi connectivity index (χ4v) is 0.700. The van der Waals surface area contributed by atoms with E-state index in [0.29, 0.717) is 6.61 Å². The van der Waals surface area contributed by atoms with Gasteiger partial charge in [0.25, 0.3) is 0 Å². The van der Waals surface area contributed by atoms with Crippen LogP contribution in [0.25, 0.3) is 0 Å². The lowest BCUT2D eigenvalue weighted by molar-refractivity contribution is 0.293. The van der Waals surface area contributed by atoms with Crippen molar-refractivity contribution in [3.8, 4) is 6.01 Å². The van der Waals surface area contributed by atoms with E-state index in [4.69, 9.17) is 27.9 Å². The SMILES string of the molecule is CC(Cl)COc1ncnc(Cl)n1. The Morgan fingerprint density at radius 3 is 2.92 bits per heavy atom. The summed E-state index contributed by atoms with van der Waals surface area (Å²) in [5, 5.41) is 0.0303. The first-order valence-electron chi connectivity index (χ1n) is 3.30. The predicted molar refractivity (Wildman–Crippen MR) is 45.6 cm³/mol. The summed E-state index contributed by atoms with van der Waals surface area (Å²) in [7, 11) is 0. The maximum Gasteiger partial charge on any atom is 0.320 e. The molecule has 12 heavy (non-hydrogen) atoms. The molecule has 66 valence electrons. The highest BCUT2D eigenvalue weighted by Crippen LogP contribution is 2.05. The Balaban J connectivity index is 2.52. The molecule has 0 amide bonds. The minimum absolute atomic E-state index is 0.0828. The number of nitrogens with zero attached hydrogens (tertiary/aromatic N) is 3. The molecule has 0 aliphatic rings. The van der Waals surface area contributed by atoms with Crippen LogP contribution in [0.4, 0.5) is 0 Å². The number of halogens is 2. The molecule has 1 rings (SSSR count). The summed E-state index contributed by atoms with van der Waals surface area (Å²) in [4.78, 5) is 11.0. The molecule has 0 saturated carbocycles.